The molecule has 8 nitrogen and oxygen atoms in total. The molecule has 5 rings (SSSR count). The van der Waals surface area contributed by atoms with E-state index in [0.29, 0.717) is 30.4 Å². The Morgan fingerprint density at radius 1 is 1.22 bits per heavy atom. The predicted octanol–water partition coefficient (Wildman–Crippen LogP) is 3.59. The van der Waals surface area contributed by atoms with Crippen molar-refractivity contribution in [2.75, 3.05) is 7.11 Å². The summed E-state index contributed by atoms with van der Waals surface area (Å²) in [5.74, 6) is -2.03. The number of hydrogen-bond acceptors (Lipinski definition) is 8. The van der Waals surface area contributed by atoms with E-state index in [1.807, 2.05) is 6.92 Å². The number of hydrogen-bond donors (Lipinski definition) is 1. The molecule has 1 aromatic heterocycles. The van der Waals surface area contributed by atoms with Gasteiger partial charge < -0.3 is 19.3 Å². The second-order valence-corrected chi connectivity index (χ2v) is 11.7. The second-order valence-electron chi connectivity index (χ2n) is 11.7. The summed E-state index contributed by atoms with van der Waals surface area (Å²) in [5.41, 5.74) is -0.462. The molecular weight excluding hydrogens is 474 g/mol. The molecule has 0 radical (unpaired) electrons. The lowest BCUT2D eigenvalue weighted by atomic mass is 9.35. The Morgan fingerprint density at radius 3 is 2.57 bits per heavy atom. The lowest BCUT2D eigenvalue weighted by molar-refractivity contribution is -0.266. The highest BCUT2D eigenvalue weighted by Gasteiger charge is 2.75. The SMILES string of the molecule is C=C1[C@@H](OC(C)=O)CCC2(C)[C@@H]1[C@]1(O)C[C@@]3(C)C(=C(C)C(=O)CC31)C(OC)[C@@H]2OC(=O)c1ccccn1. The molecule has 3 saturated carbocycles. The van der Waals surface area contributed by atoms with Crippen LogP contribution in [0.5, 0.6) is 0 Å². The number of nitrogens with zero attached hydrogens (tertiary/aromatic N) is 1. The highest BCUT2D eigenvalue weighted by atomic mass is 16.6. The minimum atomic E-state index is -1.28. The number of ketones is 1. The average Bonchev–Trinajstić information content (AvgIpc) is 2.84. The molecule has 37 heavy (non-hydrogen) atoms. The number of Topliss-reactive ketones (excluding diaryl/α,β-unsaturated/α-hetero) is 1. The first-order valence-corrected chi connectivity index (χ1v) is 12.9. The van der Waals surface area contributed by atoms with Crippen molar-refractivity contribution in [2.45, 2.75) is 77.3 Å². The van der Waals surface area contributed by atoms with E-state index in [0.717, 1.165) is 5.57 Å². The van der Waals surface area contributed by atoms with E-state index in [9.17, 15) is 19.5 Å². The molecule has 8 atom stereocenters. The maximum Gasteiger partial charge on any atom is 0.357 e. The fraction of sp³-hybridized carbons (Fsp3) is 0.586. The minimum Gasteiger partial charge on any atom is -0.458 e. The number of aromatic nitrogens is 1. The zero-order chi connectivity index (χ0) is 26.9. The molecule has 1 heterocycles. The van der Waals surface area contributed by atoms with E-state index in [2.05, 4.69) is 18.5 Å². The Labute approximate surface area is 217 Å². The summed E-state index contributed by atoms with van der Waals surface area (Å²) in [6.07, 6.45) is 0.974. The van der Waals surface area contributed by atoms with Gasteiger partial charge in [0.15, 0.2) is 5.78 Å². The quantitative estimate of drug-likeness (QED) is 0.484. The second kappa shape index (κ2) is 8.60. The molecule has 3 fully saturated rings. The Bertz CT molecular complexity index is 1210. The lowest BCUT2D eigenvalue weighted by Gasteiger charge is -2.71. The van der Waals surface area contributed by atoms with Crippen LogP contribution in [-0.4, -0.2) is 58.8 Å². The maximum absolute atomic E-state index is 13.4. The average molecular weight is 510 g/mol. The molecule has 0 spiro atoms. The number of rotatable bonds is 4. The van der Waals surface area contributed by atoms with Gasteiger partial charge in [0.25, 0.3) is 0 Å². The van der Waals surface area contributed by atoms with Crippen molar-refractivity contribution in [3.63, 3.8) is 0 Å². The zero-order valence-electron chi connectivity index (χ0n) is 22.1. The van der Waals surface area contributed by atoms with Crippen molar-refractivity contribution in [3.8, 4) is 0 Å². The largest absolute Gasteiger partial charge is 0.458 e. The van der Waals surface area contributed by atoms with Gasteiger partial charge in [-0.05, 0) is 55.0 Å². The molecule has 0 amide bonds. The molecule has 198 valence electrons. The topological polar surface area (TPSA) is 112 Å². The third kappa shape index (κ3) is 3.56. The monoisotopic (exact) mass is 509 g/mol. The van der Waals surface area contributed by atoms with E-state index < -0.39 is 52.6 Å². The van der Waals surface area contributed by atoms with Crippen LogP contribution in [0.2, 0.25) is 0 Å². The van der Waals surface area contributed by atoms with Gasteiger partial charge in [-0.15, -0.1) is 0 Å². The number of allylic oxidation sites excluding steroid dienone is 1. The summed E-state index contributed by atoms with van der Waals surface area (Å²) in [4.78, 5) is 42.7. The molecule has 8 heteroatoms. The normalized spacial score (nSPS) is 40.6. The standard InChI is InChI=1S/C29H35NO7/c1-15-19(32)13-21-28(5)14-29(21,34)24-16(2)20(36-17(3)31)10-11-27(24,4)25(23(35-6)22(15)28)37-26(33)18-9-7-8-12-30-18/h7-9,12,20-21,23-25,34H,2,10-11,13-14H2,1,3-6H3/t20-,21?,23?,24+,25-,27?,28+,29-/m0/s1. The fourth-order valence-electron chi connectivity index (χ4n) is 8.21. The van der Waals surface area contributed by atoms with Gasteiger partial charge in [-0.2, -0.15) is 0 Å². The van der Waals surface area contributed by atoms with Crippen molar-refractivity contribution >= 4 is 17.7 Å². The Kier molecular flexibility index (Phi) is 5.99. The lowest BCUT2D eigenvalue weighted by Crippen LogP contribution is -2.75. The Balaban J connectivity index is 1.69. The van der Waals surface area contributed by atoms with E-state index in [-0.39, 0.29) is 23.8 Å². The van der Waals surface area contributed by atoms with Gasteiger partial charge in [0.1, 0.15) is 24.0 Å². The summed E-state index contributed by atoms with van der Waals surface area (Å²) in [7, 11) is 1.56. The molecule has 3 unspecified atom stereocenters. The summed E-state index contributed by atoms with van der Waals surface area (Å²) >= 11 is 0. The van der Waals surface area contributed by atoms with Crippen molar-refractivity contribution in [1.82, 2.24) is 4.98 Å². The number of carbonyl (C=O) groups excluding carboxylic acids is 3. The van der Waals surface area contributed by atoms with Crippen LogP contribution in [-0.2, 0) is 23.8 Å². The summed E-state index contributed by atoms with van der Waals surface area (Å²) in [5, 5.41) is 12.4. The van der Waals surface area contributed by atoms with Gasteiger partial charge in [-0.1, -0.05) is 26.5 Å². The van der Waals surface area contributed by atoms with Crippen LogP contribution in [0.4, 0.5) is 0 Å². The molecular formula is C29H35NO7. The van der Waals surface area contributed by atoms with Crippen LogP contribution in [0, 0.1) is 22.7 Å². The van der Waals surface area contributed by atoms with Crippen LogP contribution in [0.25, 0.3) is 0 Å². The van der Waals surface area contributed by atoms with Gasteiger partial charge in [0.2, 0.25) is 0 Å². The van der Waals surface area contributed by atoms with E-state index >= 15 is 0 Å². The van der Waals surface area contributed by atoms with E-state index in [1.54, 1.807) is 32.2 Å². The van der Waals surface area contributed by atoms with Crippen molar-refractivity contribution in [3.05, 3.63) is 53.4 Å². The number of methoxy groups -OCH3 is 1. The summed E-state index contributed by atoms with van der Waals surface area (Å²) in [6, 6.07) is 5.01. The molecule has 1 N–H and O–H groups in total. The third-order valence-corrected chi connectivity index (χ3v) is 9.62. The number of aliphatic hydroxyl groups is 1. The molecule has 2 bridgehead atoms. The van der Waals surface area contributed by atoms with Crippen LogP contribution in [0.15, 0.2) is 47.7 Å². The van der Waals surface area contributed by atoms with Crippen LogP contribution in [0.3, 0.4) is 0 Å². The highest BCUT2D eigenvalue weighted by molar-refractivity contribution is 5.98. The number of pyridine rings is 1. The molecule has 0 aromatic carbocycles. The van der Waals surface area contributed by atoms with Gasteiger partial charge in [0, 0.05) is 49.3 Å². The fourth-order valence-corrected chi connectivity index (χ4v) is 8.21. The number of fused-ring (bicyclic) bond motifs is 4. The van der Waals surface area contributed by atoms with E-state index in [1.165, 1.54) is 13.1 Å². The van der Waals surface area contributed by atoms with Crippen molar-refractivity contribution in [2.24, 2.45) is 22.7 Å². The molecule has 0 aliphatic heterocycles. The molecule has 1 aromatic rings. The smallest absolute Gasteiger partial charge is 0.357 e. The maximum atomic E-state index is 13.4. The first-order valence-electron chi connectivity index (χ1n) is 12.9. The summed E-state index contributed by atoms with van der Waals surface area (Å²) < 4.78 is 18.0. The van der Waals surface area contributed by atoms with Crippen molar-refractivity contribution < 1.29 is 33.7 Å². The zero-order valence-corrected chi connectivity index (χ0v) is 22.1. The first kappa shape index (κ1) is 25.8. The van der Waals surface area contributed by atoms with Gasteiger partial charge in [0.05, 0.1) is 5.60 Å². The van der Waals surface area contributed by atoms with Crippen LogP contribution >= 0.6 is 0 Å². The molecule has 0 saturated heterocycles. The summed E-state index contributed by atoms with van der Waals surface area (Å²) in [6.45, 7) is 11.5. The van der Waals surface area contributed by atoms with Crippen LogP contribution in [0.1, 0.15) is 63.9 Å². The highest BCUT2D eigenvalue weighted by Crippen LogP contribution is 2.72. The minimum absolute atomic E-state index is 0.0472. The first-order chi connectivity index (χ1) is 17.4. The molecule has 4 aliphatic carbocycles. The Hall–Kier alpha value is -2.84. The number of ether oxygens (including phenoxy) is 3. The van der Waals surface area contributed by atoms with Gasteiger partial charge >= 0.3 is 11.9 Å². The van der Waals surface area contributed by atoms with Gasteiger partial charge in [-0.3, -0.25) is 9.59 Å². The van der Waals surface area contributed by atoms with Gasteiger partial charge in [-0.25, -0.2) is 9.78 Å². The van der Waals surface area contributed by atoms with Crippen LogP contribution < -0.4 is 0 Å². The third-order valence-electron chi connectivity index (χ3n) is 9.62. The predicted molar refractivity (Wildman–Crippen MR) is 133 cm³/mol. The Morgan fingerprint density at radius 2 is 1.95 bits per heavy atom. The van der Waals surface area contributed by atoms with E-state index in [4.69, 9.17) is 14.2 Å². The number of esters is 2. The molecule has 4 aliphatic rings. The van der Waals surface area contributed by atoms with Crippen molar-refractivity contribution in [1.29, 1.82) is 0 Å². The number of carbonyl (C=O) groups is 3.